The van der Waals surface area contributed by atoms with Crippen LogP contribution in [0.5, 0.6) is 0 Å². The van der Waals surface area contributed by atoms with Crippen LogP contribution in [0.1, 0.15) is 16.9 Å². The Morgan fingerprint density at radius 2 is 2.22 bits per heavy atom. The lowest BCUT2D eigenvalue weighted by Gasteiger charge is -2.13. The largest absolute Gasteiger partial charge is 0.480 e. The van der Waals surface area contributed by atoms with Crippen LogP contribution in [0.25, 0.3) is 0 Å². The smallest absolute Gasteiger partial charge is 0.326 e. The SMILES string of the molecule is COCCC(NC(=O)c1ccc(Cl)nn1)C(=O)O. The summed E-state index contributed by atoms with van der Waals surface area (Å²) >= 11 is 5.53. The zero-order valence-corrected chi connectivity index (χ0v) is 10.3. The molecule has 1 aromatic heterocycles. The van der Waals surface area contributed by atoms with Gasteiger partial charge in [0.2, 0.25) is 0 Å². The molecule has 0 aliphatic rings. The first-order valence-electron chi connectivity index (χ1n) is 5.06. The van der Waals surface area contributed by atoms with E-state index in [1.165, 1.54) is 19.2 Å². The van der Waals surface area contributed by atoms with E-state index in [4.69, 9.17) is 21.4 Å². The molecule has 2 N–H and O–H groups in total. The summed E-state index contributed by atoms with van der Waals surface area (Å²) in [6.45, 7) is 0.226. The number of ether oxygens (including phenoxy) is 1. The average molecular weight is 274 g/mol. The molecule has 0 aromatic carbocycles. The predicted octanol–water partition coefficient (Wildman–Crippen LogP) is 0.349. The maximum atomic E-state index is 11.7. The van der Waals surface area contributed by atoms with E-state index in [0.717, 1.165) is 0 Å². The van der Waals surface area contributed by atoms with Crippen LogP contribution in [0.4, 0.5) is 0 Å². The zero-order valence-electron chi connectivity index (χ0n) is 9.59. The third kappa shape index (κ3) is 4.27. The van der Waals surface area contributed by atoms with Crippen molar-refractivity contribution < 1.29 is 19.4 Å². The Hall–Kier alpha value is -1.73. The van der Waals surface area contributed by atoms with Crippen LogP contribution in [0.15, 0.2) is 12.1 Å². The van der Waals surface area contributed by atoms with Crippen molar-refractivity contribution in [1.82, 2.24) is 15.5 Å². The molecule has 0 bridgehead atoms. The van der Waals surface area contributed by atoms with Crippen LogP contribution in [0, 0.1) is 0 Å². The van der Waals surface area contributed by atoms with E-state index < -0.39 is 17.9 Å². The number of rotatable bonds is 6. The topological polar surface area (TPSA) is 101 Å². The van der Waals surface area contributed by atoms with E-state index in [9.17, 15) is 9.59 Å². The molecule has 0 aliphatic heterocycles. The van der Waals surface area contributed by atoms with Gasteiger partial charge in [-0.05, 0) is 12.1 Å². The Kier molecular flexibility index (Phi) is 5.47. The summed E-state index contributed by atoms with van der Waals surface area (Å²) in [6, 6.07) is 1.73. The molecule has 1 unspecified atom stereocenters. The first-order chi connectivity index (χ1) is 8.54. The van der Waals surface area contributed by atoms with Gasteiger partial charge in [-0.15, -0.1) is 10.2 Å². The van der Waals surface area contributed by atoms with Gasteiger partial charge in [-0.1, -0.05) is 11.6 Å². The van der Waals surface area contributed by atoms with Crippen LogP contribution in [-0.4, -0.2) is 46.9 Å². The van der Waals surface area contributed by atoms with Gasteiger partial charge in [0.05, 0.1) is 0 Å². The number of aromatic nitrogens is 2. The van der Waals surface area contributed by atoms with Gasteiger partial charge in [-0.2, -0.15) is 0 Å². The van der Waals surface area contributed by atoms with Crippen LogP contribution in [-0.2, 0) is 9.53 Å². The fourth-order valence-corrected chi connectivity index (χ4v) is 1.26. The summed E-state index contributed by atoms with van der Waals surface area (Å²) in [7, 11) is 1.45. The number of aliphatic carboxylic acids is 1. The number of nitrogens with one attached hydrogen (secondary N) is 1. The highest BCUT2D eigenvalue weighted by Crippen LogP contribution is 2.03. The summed E-state index contributed by atoms with van der Waals surface area (Å²) in [5, 5.41) is 18.4. The van der Waals surface area contributed by atoms with Crippen LogP contribution in [0.3, 0.4) is 0 Å². The number of halogens is 1. The van der Waals surface area contributed by atoms with Gasteiger partial charge >= 0.3 is 5.97 Å². The van der Waals surface area contributed by atoms with E-state index in [1.54, 1.807) is 0 Å². The minimum Gasteiger partial charge on any atom is -0.480 e. The van der Waals surface area contributed by atoms with Gasteiger partial charge in [-0.3, -0.25) is 4.79 Å². The number of carbonyl (C=O) groups is 2. The van der Waals surface area contributed by atoms with Gasteiger partial charge < -0.3 is 15.2 Å². The molecule has 0 fully saturated rings. The molecule has 1 rings (SSSR count). The number of hydrogen-bond acceptors (Lipinski definition) is 5. The second-order valence-corrected chi connectivity index (χ2v) is 3.77. The Bertz CT molecular complexity index is 424. The van der Waals surface area contributed by atoms with E-state index in [0.29, 0.717) is 0 Å². The quantitative estimate of drug-likeness (QED) is 0.775. The number of hydrogen-bond donors (Lipinski definition) is 2. The van der Waals surface area contributed by atoms with Gasteiger partial charge in [-0.25, -0.2) is 4.79 Å². The maximum absolute atomic E-state index is 11.7. The molecule has 8 heteroatoms. The third-order valence-corrected chi connectivity index (χ3v) is 2.28. The summed E-state index contributed by atoms with van der Waals surface area (Å²) in [6.07, 6.45) is 0.165. The molecule has 0 radical (unpaired) electrons. The Balaban J connectivity index is 2.66. The molecule has 18 heavy (non-hydrogen) atoms. The minimum absolute atomic E-state index is 0.00284. The second kappa shape index (κ2) is 6.87. The lowest BCUT2D eigenvalue weighted by molar-refractivity contribution is -0.139. The van der Waals surface area contributed by atoms with Crippen molar-refractivity contribution in [2.75, 3.05) is 13.7 Å². The van der Waals surface area contributed by atoms with E-state index in [2.05, 4.69) is 15.5 Å². The summed E-state index contributed by atoms with van der Waals surface area (Å²) < 4.78 is 4.77. The number of nitrogens with zero attached hydrogens (tertiary/aromatic N) is 2. The normalized spacial score (nSPS) is 11.9. The zero-order chi connectivity index (χ0) is 13.5. The Labute approximate surface area is 108 Å². The molecule has 1 heterocycles. The monoisotopic (exact) mass is 273 g/mol. The highest BCUT2D eigenvalue weighted by Gasteiger charge is 2.21. The fourth-order valence-electron chi connectivity index (χ4n) is 1.16. The minimum atomic E-state index is -1.14. The van der Waals surface area contributed by atoms with Crippen LogP contribution < -0.4 is 5.32 Å². The summed E-state index contributed by atoms with van der Waals surface area (Å²) in [5.41, 5.74) is 0.00284. The highest BCUT2D eigenvalue weighted by molar-refractivity contribution is 6.29. The number of carboxylic acids is 1. The average Bonchev–Trinajstić information content (AvgIpc) is 2.34. The van der Waals surface area contributed by atoms with Crippen LogP contribution in [0.2, 0.25) is 5.15 Å². The maximum Gasteiger partial charge on any atom is 0.326 e. The van der Waals surface area contributed by atoms with Crippen molar-refractivity contribution >= 4 is 23.5 Å². The van der Waals surface area contributed by atoms with Gasteiger partial charge in [0, 0.05) is 20.1 Å². The second-order valence-electron chi connectivity index (χ2n) is 3.39. The van der Waals surface area contributed by atoms with Crippen molar-refractivity contribution in [1.29, 1.82) is 0 Å². The van der Waals surface area contributed by atoms with Gasteiger partial charge in [0.25, 0.3) is 5.91 Å². The molecule has 0 saturated carbocycles. The van der Waals surface area contributed by atoms with Crippen molar-refractivity contribution in [3.8, 4) is 0 Å². The fraction of sp³-hybridized carbons (Fsp3) is 0.400. The van der Waals surface area contributed by atoms with Crippen LogP contribution >= 0.6 is 11.6 Å². The number of amides is 1. The first kappa shape index (κ1) is 14.3. The molecule has 0 saturated heterocycles. The molecular weight excluding hydrogens is 262 g/mol. The molecule has 0 aliphatic carbocycles. The van der Waals surface area contributed by atoms with Crippen molar-refractivity contribution in [3.05, 3.63) is 23.0 Å². The standard InChI is InChI=1S/C10H12ClN3O4/c1-18-5-4-7(10(16)17)12-9(15)6-2-3-8(11)14-13-6/h2-3,7H,4-5H2,1H3,(H,12,15)(H,16,17). The van der Waals surface area contributed by atoms with Crippen molar-refractivity contribution in [2.24, 2.45) is 0 Å². The first-order valence-corrected chi connectivity index (χ1v) is 5.44. The predicted molar refractivity (Wildman–Crippen MR) is 62.4 cm³/mol. The molecule has 0 spiro atoms. The Morgan fingerprint density at radius 3 is 2.72 bits per heavy atom. The van der Waals surface area contributed by atoms with Gasteiger partial charge in [0.1, 0.15) is 6.04 Å². The number of methoxy groups -OCH3 is 1. The third-order valence-electron chi connectivity index (χ3n) is 2.08. The molecule has 1 atom stereocenters. The highest BCUT2D eigenvalue weighted by atomic mass is 35.5. The van der Waals surface area contributed by atoms with E-state index in [1.807, 2.05) is 0 Å². The van der Waals surface area contributed by atoms with Crippen molar-refractivity contribution in [3.63, 3.8) is 0 Å². The summed E-state index contributed by atoms with van der Waals surface area (Å²) in [4.78, 5) is 22.6. The van der Waals surface area contributed by atoms with Gasteiger partial charge in [0.15, 0.2) is 10.8 Å². The summed E-state index contributed by atoms with van der Waals surface area (Å²) in [5.74, 6) is -1.76. The lowest BCUT2D eigenvalue weighted by Crippen LogP contribution is -2.41. The van der Waals surface area contributed by atoms with E-state index in [-0.39, 0.29) is 23.9 Å². The molecular formula is C10H12ClN3O4. The molecule has 98 valence electrons. The molecule has 7 nitrogen and oxygen atoms in total. The number of carboxylic acid groups (broad SMARTS) is 1. The molecule has 1 aromatic rings. The molecule has 1 amide bonds. The Morgan fingerprint density at radius 1 is 1.50 bits per heavy atom. The van der Waals surface area contributed by atoms with Crippen molar-refractivity contribution in [2.45, 2.75) is 12.5 Å². The van der Waals surface area contributed by atoms with E-state index >= 15 is 0 Å². The number of carbonyl (C=O) groups excluding carboxylic acids is 1. The lowest BCUT2D eigenvalue weighted by atomic mass is 10.2.